The SMILES string of the molecule is COc1ccc2c(c1)C(=O)[C@](Sc1ccccc1)(C(=O)Nc1ccccc1)C2. The first-order chi connectivity index (χ1) is 13.6. The molecule has 0 unspecified atom stereocenters. The zero-order valence-corrected chi connectivity index (χ0v) is 16.2. The van der Waals surface area contributed by atoms with E-state index in [-0.39, 0.29) is 11.7 Å². The quantitative estimate of drug-likeness (QED) is 0.648. The Hall–Kier alpha value is -3.05. The van der Waals surface area contributed by atoms with Crippen LogP contribution in [0.25, 0.3) is 0 Å². The van der Waals surface area contributed by atoms with Gasteiger partial charge in [-0.05, 0) is 42.0 Å². The van der Waals surface area contributed by atoms with Crippen molar-refractivity contribution in [3.63, 3.8) is 0 Å². The number of carbonyl (C=O) groups is 2. The van der Waals surface area contributed by atoms with Crippen LogP contribution in [0, 0.1) is 0 Å². The smallest absolute Gasteiger partial charge is 0.249 e. The summed E-state index contributed by atoms with van der Waals surface area (Å²) in [6.45, 7) is 0. The number of nitrogens with one attached hydrogen (secondary N) is 1. The van der Waals surface area contributed by atoms with Gasteiger partial charge < -0.3 is 10.1 Å². The lowest BCUT2D eigenvalue weighted by atomic mass is 10.0. The first-order valence-corrected chi connectivity index (χ1v) is 9.76. The maximum atomic E-state index is 13.5. The number of Topliss-reactive ketones (excluding diaryl/α,β-unsaturated/α-hetero) is 1. The van der Waals surface area contributed by atoms with E-state index in [2.05, 4.69) is 5.32 Å². The molecule has 0 aliphatic heterocycles. The third-order valence-corrected chi connectivity index (χ3v) is 6.17. The second-order valence-electron chi connectivity index (χ2n) is 6.59. The average molecular weight is 389 g/mol. The van der Waals surface area contributed by atoms with Gasteiger partial charge in [0.1, 0.15) is 5.75 Å². The van der Waals surface area contributed by atoms with E-state index in [0.717, 1.165) is 10.5 Å². The van der Waals surface area contributed by atoms with Crippen molar-refractivity contribution in [3.05, 3.63) is 90.0 Å². The highest BCUT2D eigenvalue weighted by molar-refractivity contribution is 8.02. The van der Waals surface area contributed by atoms with Crippen LogP contribution in [0.3, 0.4) is 0 Å². The van der Waals surface area contributed by atoms with Crippen molar-refractivity contribution in [1.29, 1.82) is 0 Å². The zero-order valence-electron chi connectivity index (χ0n) is 15.3. The Kier molecular flexibility index (Phi) is 4.92. The van der Waals surface area contributed by atoms with E-state index in [1.807, 2.05) is 72.8 Å². The summed E-state index contributed by atoms with van der Waals surface area (Å²) in [6.07, 6.45) is 0.337. The predicted octanol–water partition coefficient (Wildman–Crippen LogP) is 4.60. The molecule has 3 aromatic rings. The molecule has 0 aromatic heterocycles. The van der Waals surface area contributed by atoms with Gasteiger partial charge in [0.15, 0.2) is 10.5 Å². The Morgan fingerprint density at radius 2 is 1.68 bits per heavy atom. The lowest BCUT2D eigenvalue weighted by molar-refractivity contribution is -0.117. The Morgan fingerprint density at radius 1 is 1.00 bits per heavy atom. The minimum absolute atomic E-state index is 0.191. The summed E-state index contributed by atoms with van der Waals surface area (Å²) < 4.78 is 4.01. The Morgan fingerprint density at radius 3 is 2.36 bits per heavy atom. The van der Waals surface area contributed by atoms with Gasteiger partial charge in [0, 0.05) is 22.6 Å². The number of thioether (sulfide) groups is 1. The minimum Gasteiger partial charge on any atom is -0.497 e. The third-order valence-electron chi connectivity index (χ3n) is 4.80. The van der Waals surface area contributed by atoms with Crippen molar-refractivity contribution in [2.45, 2.75) is 16.1 Å². The number of anilines is 1. The molecule has 1 atom stereocenters. The largest absolute Gasteiger partial charge is 0.497 e. The number of amides is 1. The number of rotatable bonds is 5. The molecule has 0 spiro atoms. The number of ketones is 1. The van der Waals surface area contributed by atoms with E-state index < -0.39 is 4.75 Å². The number of carbonyl (C=O) groups excluding carboxylic acids is 2. The molecule has 3 aromatic carbocycles. The maximum absolute atomic E-state index is 13.5. The summed E-state index contributed by atoms with van der Waals surface area (Å²) in [4.78, 5) is 27.8. The van der Waals surface area contributed by atoms with Crippen molar-refractivity contribution >= 4 is 29.1 Å². The predicted molar refractivity (Wildman–Crippen MR) is 111 cm³/mol. The Balaban J connectivity index is 1.74. The van der Waals surface area contributed by atoms with Gasteiger partial charge in [-0.3, -0.25) is 9.59 Å². The maximum Gasteiger partial charge on any atom is 0.249 e. The van der Waals surface area contributed by atoms with Gasteiger partial charge in [0.2, 0.25) is 5.91 Å². The van der Waals surface area contributed by atoms with E-state index in [0.29, 0.717) is 23.4 Å². The van der Waals surface area contributed by atoms with Gasteiger partial charge in [-0.2, -0.15) is 0 Å². The van der Waals surface area contributed by atoms with E-state index in [1.54, 1.807) is 13.2 Å². The van der Waals surface area contributed by atoms with Crippen LogP contribution < -0.4 is 10.1 Å². The fourth-order valence-corrected chi connectivity index (χ4v) is 4.64. The summed E-state index contributed by atoms with van der Waals surface area (Å²) in [5.74, 6) is 0.104. The number of ether oxygens (including phenoxy) is 1. The molecule has 5 heteroatoms. The monoisotopic (exact) mass is 389 g/mol. The van der Waals surface area contributed by atoms with Gasteiger partial charge in [-0.15, -0.1) is 11.8 Å². The van der Waals surface area contributed by atoms with Crippen molar-refractivity contribution in [3.8, 4) is 5.75 Å². The molecule has 1 aliphatic rings. The second-order valence-corrected chi connectivity index (χ2v) is 7.96. The van der Waals surface area contributed by atoms with E-state index in [1.165, 1.54) is 11.8 Å². The van der Waals surface area contributed by atoms with E-state index >= 15 is 0 Å². The molecule has 4 nitrogen and oxygen atoms in total. The highest BCUT2D eigenvalue weighted by Gasteiger charge is 2.52. The molecule has 0 bridgehead atoms. The molecular weight excluding hydrogens is 370 g/mol. The van der Waals surface area contributed by atoms with Crippen molar-refractivity contribution in [2.24, 2.45) is 0 Å². The Bertz CT molecular complexity index is 1020. The number of benzene rings is 3. The molecular formula is C23H19NO3S. The summed E-state index contributed by atoms with van der Waals surface area (Å²) in [5.41, 5.74) is 2.07. The molecule has 0 heterocycles. The molecule has 0 radical (unpaired) electrons. The van der Waals surface area contributed by atoms with Crippen molar-refractivity contribution < 1.29 is 14.3 Å². The standard InChI is InChI=1S/C23H19NO3S/c1-27-18-13-12-16-15-23(21(25)20(16)14-18,28-19-10-6-3-7-11-19)22(26)24-17-8-4-2-5-9-17/h2-14H,15H2,1H3,(H,24,26)/t23-/m0/s1. The van der Waals surface area contributed by atoms with E-state index in [9.17, 15) is 9.59 Å². The van der Waals surface area contributed by atoms with Crippen LogP contribution in [0.4, 0.5) is 5.69 Å². The molecule has 1 amide bonds. The number of fused-ring (bicyclic) bond motifs is 1. The van der Waals surface area contributed by atoms with Crippen LogP contribution in [0.2, 0.25) is 0 Å². The van der Waals surface area contributed by atoms with Crippen molar-refractivity contribution in [2.75, 3.05) is 12.4 Å². The van der Waals surface area contributed by atoms with Gasteiger partial charge in [-0.1, -0.05) is 42.5 Å². The minimum atomic E-state index is -1.26. The Labute approximate surface area is 167 Å². The molecule has 1 aliphatic carbocycles. The number of methoxy groups -OCH3 is 1. The van der Waals surface area contributed by atoms with Gasteiger partial charge in [0.05, 0.1) is 7.11 Å². The van der Waals surface area contributed by atoms with Crippen molar-refractivity contribution in [1.82, 2.24) is 0 Å². The molecule has 0 fully saturated rings. The lowest BCUT2D eigenvalue weighted by Crippen LogP contribution is -2.45. The molecule has 28 heavy (non-hydrogen) atoms. The first-order valence-electron chi connectivity index (χ1n) is 8.95. The van der Waals surface area contributed by atoms with Crippen LogP contribution in [0.1, 0.15) is 15.9 Å². The van der Waals surface area contributed by atoms with Gasteiger partial charge >= 0.3 is 0 Å². The second kappa shape index (κ2) is 7.52. The number of para-hydroxylation sites is 1. The van der Waals surface area contributed by atoms with E-state index in [4.69, 9.17) is 4.74 Å². The van der Waals surface area contributed by atoms with Crippen LogP contribution in [0.15, 0.2) is 83.8 Å². The molecule has 140 valence electrons. The normalized spacial score (nSPS) is 17.8. The number of hydrogen-bond acceptors (Lipinski definition) is 4. The number of hydrogen-bond donors (Lipinski definition) is 1. The summed E-state index contributed by atoms with van der Waals surface area (Å²) in [7, 11) is 1.56. The highest BCUT2D eigenvalue weighted by atomic mass is 32.2. The zero-order chi connectivity index (χ0) is 19.6. The average Bonchev–Trinajstić information content (AvgIpc) is 3.01. The van der Waals surface area contributed by atoms with Crippen LogP contribution in [-0.2, 0) is 11.2 Å². The fourth-order valence-electron chi connectivity index (χ4n) is 3.37. The molecule has 1 N–H and O–H groups in total. The van der Waals surface area contributed by atoms with Crippen LogP contribution >= 0.6 is 11.8 Å². The van der Waals surface area contributed by atoms with Crippen LogP contribution in [-0.4, -0.2) is 23.5 Å². The van der Waals surface area contributed by atoms with Gasteiger partial charge in [0.25, 0.3) is 0 Å². The third kappa shape index (κ3) is 3.29. The first kappa shape index (κ1) is 18.3. The summed E-state index contributed by atoms with van der Waals surface area (Å²) in [5, 5.41) is 2.93. The molecule has 0 saturated heterocycles. The van der Waals surface area contributed by atoms with Gasteiger partial charge in [-0.25, -0.2) is 0 Å². The topological polar surface area (TPSA) is 55.4 Å². The lowest BCUT2D eigenvalue weighted by Gasteiger charge is -2.25. The van der Waals surface area contributed by atoms with Crippen LogP contribution in [0.5, 0.6) is 5.75 Å². The highest BCUT2D eigenvalue weighted by Crippen LogP contribution is 2.45. The summed E-state index contributed by atoms with van der Waals surface area (Å²) in [6, 6.07) is 24.2. The molecule has 0 saturated carbocycles. The molecule has 4 rings (SSSR count). The summed E-state index contributed by atoms with van der Waals surface area (Å²) >= 11 is 1.30. The fraction of sp³-hybridized carbons (Fsp3) is 0.130.